The molecular weight excluding hydrogens is 604 g/mol. The summed E-state index contributed by atoms with van der Waals surface area (Å²) >= 11 is 0. The lowest BCUT2D eigenvalue weighted by Crippen LogP contribution is -2.35. The molecule has 2 heterocycles. The molecule has 0 bridgehead atoms. The quantitative estimate of drug-likeness (QED) is 0.202. The van der Waals surface area contributed by atoms with Gasteiger partial charge in [-0.05, 0) is 60.2 Å². The van der Waals surface area contributed by atoms with Crippen LogP contribution < -0.4 is 10.6 Å². The zero-order valence-corrected chi connectivity index (χ0v) is 23.5. The van der Waals surface area contributed by atoms with Gasteiger partial charge >= 0.3 is 6.09 Å². The average molecular weight is 630 g/mol. The van der Waals surface area contributed by atoms with Crippen LogP contribution in [0.4, 0.5) is 36.8 Å². The van der Waals surface area contributed by atoms with Crippen LogP contribution in [0.3, 0.4) is 0 Å². The summed E-state index contributed by atoms with van der Waals surface area (Å²) in [4.78, 5) is 29.4. The Labute approximate surface area is 252 Å². The molecule has 1 fully saturated rings. The normalized spacial score (nSPS) is 18.2. The van der Waals surface area contributed by atoms with Gasteiger partial charge < -0.3 is 10.1 Å². The number of nitrogens with one attached hydrogen (secondary N) is 2. The monoisotopic (exact) mass is 629 g/mol. The van der Waals surface area contributed by atoms with Gasteiger partial charge in [0.1, 0.15) is 29.6 Å². The summed E-state index contributed by atoms with van der Waals surface area (Å²) in [7, 11) is 1.22. The van der Waals surface area contributed by atoms with Gasteiger partial charge in [0.25, 0.3) is 12.3 Å². The third-order valence-electron chi connectivity index (χ3n) is 7.95. The van der Waals surface area contributed by atoms with Gasteiger partial charge in [0.2, 0.25) is 5.91 Å². The number of anilines is 1. The van der Waals surface area contributed by atoms with Crippen molar-refractivity contribution in [3.8, 4) is 11.1 Å². The number of nitrogens with zero attached hydrogens (tertiary/aromatic N) is 3. The molecule has 8 nitrogen and oxygen atoms in total. The molecule has 3 atom stereocenters. The molecule has 2 N–H and O–H groups in total. The van der Waals surface area contributed by atoms with Crippen molar-refractivity contribution < 1.29 is 40.7 Å². The third kappa shape index (κ3) is 5.83. The highest BCUT2D eigenvalue weighted by molar-refractivity contribution is 5.85. The predicted octanol–water partition coefficient (Wildman–Crippen LogP) is 6.65. The second kappa shape index (κ2) is 11.6. The second-order valence-corrected chi connectivity index (χ2v) is 10.9. The lowest BCUT2D eigenvalue weighted by molar-refractivity contribution is -0.123. The molecule has 0 saturated heterocycles. The van der Waals surface area contributed by atoms with Crippen LogP contribution in [0.25, 0.3) is 11.1 Å². The lowest BCUT2D eigenvalue weighted by atomic mass is 9.95. The number of carbonyl (C=O) groups excluding carboxylic acids is 2. The number of alkyl halides is 4. The summed E-state index contributed by atoms with van der Waals surface area (Å²) in [5, 5.41) is 8.92. The van der Waals surface area contributed by atoms with Crippen molar-refractivity contribution in [1.82, 2.24) is 20.1 Å². The molecule has 0 aliphatic heterocycles. The van der Waals surface area contributed by atoms with Crippen molar-refractivity contribution in [2.24, 2.45) is 5.92 Å². The Morgan fingerprint density at radius 1 is 1.07 bits per heavy atom. The van der Waals surface area contributed by atoms with Crippen LogP contribution in [0.1, 0.15) is 53.0 Å². The molecule has 4 aromatic rings. The molecule has 14 heteroatoms. The zero-order valence-electron chi connectivity index (χ0n) is 23.5. The van der Waals surface area contributed by atoms with Crippen LogP contribution in [0.2, 0.25) is 0 Å². The van der Waals surface area contributed by atoms with E-state index in [1.165, 1.54) is 13.3 Å². The maximum atomic E-state index is 15.1. The number of rotatable bonds is 9. The topological polar surface area (TPSA) is 98.1 Å². The fraction of sp³-hybridized carbons (Fsp3) is 0.290. The SMILES string of the molecule is COC(=O)Nc1ccc(-c2cccnc2C(Cc2cc(F)cc(F)c2)NC(=O)Cn2nc(C(F)F)c3c2C(F)(F)C2CC32)cc1. The lowest BCUT2D eigenvalue weighted by Gasteiger charge is -2.22. The molecule has 234 valence electrons. The Morgan fingerprint density at radius 2 is 1.78 bits per heavy atom. The van der Waals surface area contributed by atoms with Gasteiger partial charge in [0.15, 0.2) is 0 Å². The predicted molar refractivity (Wildman–Crippen MR) is 149 cm³/mol. The Bertz CT molecular complexity index is 1760. The maximum absolute atomic E-state index is 15.1. The summed E-state index contributed by atoms with van der Waals surface area (Å²) in [6.45, 7) is -0.797. The summed E-state index contributed by atoms with van der Waals surface area (Å²) in [5.74, 6) is -7.79. The first-order valence-electron chi connectivity index (χ1n) is 13.9. The minimum atomic E-state index is -3.41. The number of pyridine rings is 1. The largest absolute Gasteiger partial charge is 0.453 e. The highest BCUT2D eigenvalue weighted by atomic mass is 19.3. The minimum absolute atomic E-state index is 0.0755. The fourth-order valence-corrected chi connectivity index (χ4v) is 5.98. The van der Waals surface area contributed by atoms with Gasteiger partial charge in [0, 0.05) is 35.0 Å². The van der Waals surface area contributed by atoms with E-state index in [-0.39, 0.29) is 29.7 Å². The number of carbonyl (C=O) groups is 2. The number of aromatic nitrogens is 3. The highest BCUT2D eigenvalue weighted by Gasteiger charge is 2.67. The number of hydrogen-bond acceptors (Lipinski definition) is 5. The zero-order chi connectivity index (χ0) is 32.0. The number of methoxy groups -OCH3 is 1. The summed E-state index contributed by atoms with van der Waals surface area (Å²) in [6.07, 6.45) is -2.41. The van der Waals surface area contributed by atoms with Crippen molar-refractivity contribution in [2.45, 2.75) is 43.7 Å². The molecule has 2 aromatic carbocycles. The van der Waals surface area contributed by atoms with Crippen molar-refractivity contribution in [3.05, 3.63) is 101 Å². The van der Waals surface area contributed by atoms with Gasteiger partial charge in [-0.1, -0.05) is 18.2 Å². The Kier molecular flexibility index (Phi) is 7.75. The molecule has 3 unspecified atom stereocenters. The number of hydrogen-bond donors (Lipinski definition) is 2. The van der Waals surface area contributed by atoms with E-state index >= 15 is 8.78 Å². The molecule has 45 heavy (non-hydrogen) atoms. The van der Waals surface area contributed by atoms with Gasteiger partial charge in [0.05, 0.1) is 18.8 Å². The molecule has 0 radical (unpaired) electrons. The molecule has 6 rings (SSSR count). The van der Waals surface area contributed by atoms with Crippen LogP contribution >= 0.6 is 0 Å². The summed E-state index contributed by atoms with van der Waals surface area (Å²) < 4.78 is 91.1. The van der Waals surface area contributed by atoms with Crippen LogP contribution in [0.15, 0.2) is 60.8 Å². The van der Waals surface area contributed by atoms with Crippen LogP contribution in [0.5, 0.6) is 0 Å². The van der Waals surface area contributed by atoms with E-state index in [2.05, 4.69) is 25.5 Å². The molecule has 1 saturated carbocycles. The smallest absolute Gasteiger partial charge is 0.411 e. The summed E-state index contributed by atoms with van der Waals surface area (Å²) in [5.41, 5.74) is 0.341. The molecule has 2 amide bonds. The standard InChI is InChI=1S/C31H25F6N5O3/c1-45-30(44)39-19-6-4-16(5-7-19)20-3-2-8-38-26(20)23(11-15-9-17(32)12-18(33)10-15)40-24(43)14-42-28-25(27(41-42)29(34)35)21-13-22(21)31(28,36)37/h2-10,12,21-23,29H,11,13-14H2,1H3,(H,39,44)(H,40,43). The minimum Gasteiger partial charge on any atom is -0.453 e. The van der Waals surface area contributed by atoms with E-state index in [9.17, 15) is 27.2 Å². The maximum Gasteiger partial charge on any atom is 0.411 e. The van der Waals surface area contributed by atoms with Crippen molar-refractivity contribution in [1.29, 1.82) is 0 Å². The fourth-order valence-electron chi connectivity index (χ4n) is 5.98. The van der Waals surface area contributed by atoms with E-state index in [4.69, 9.17) is 0 Å². The van der Waals surface area contributed by atoms with Gasteiger partial charge in [-0.15, -0.1) is 0 Å². The number of amides is 2. The molecule has 2 aliphatic rings. The van der Waals surface area contributed by atoms with Gasteiger partial charge in [-0.25, -0.2) is 22.4 Å². The third-order valence-corrected chi connectivity index (χ3v) is 7.95. The van der Waals surface area contributed by atoms with E-state index in [0.29, 0.717) is 27.6 Å². The average Bonchev–Trinajstić information content (AvgIpc) is 3.65. The molecular formula is C31H25F6N5O3. The highest BCUT2D eigenvalue weighted by Crippen LogP contribution is 2.68. The Balaban J connectivity index is 1.33. The van der Waals surface area contributed by atoms with E-state index in [1.54, 1.807) is 36.4 Å². The molecule has 2 aromatic heterocycles. The second-order valence-electron chi connectivity index (χ2n) is 10.9. The van der Waals surface area contributed by atoms with Crippen molar-refractivity contribution >= 4 is 17.7 Å². The first-order valence-corrected chi connectivity index (χ1v) is 13.9. The van der Waals surface area contributed by atoms with E-state index in [1.807, 2.05) is 0 Å². The summed E-state index contributed by atoms with van der Waals surface area (Å²) in [6, 6.07) is 11.7. The van der Waals surface area contributed by atoms with Crippen LogP contribution in [0, 0.1) is 17.6 Å². The van der Waals surface area contributed by atoms with E-state index in [0.717, 1.165) is 12.1 Å². The number of benzene rings is 2. The Morgan fingerprint density at radius 3 is 2.44 bits per heavy atom. The van der Waals surface area contributed by atoms with E-state index < -0.39 is 71.8 Å². The number of halogens is 6. The van der Waals surface area contributed by atoms with Crippen LogP contribution in [-0.2, 0) is 28.4 Å². The van der Waals surface area contributed by atoms with Gasteiger partial charge in [-0.3, -0.25) is 19.8 Å². The molecule has 0 spiro atoms. The number of ether oxygens (including phenoxy) is 1. The van der Waals surface area contributed by atoms with Crippen molar-refractivity contribution in [2.75, 3.05) is 12.4 Å². The van der Waals surface area contributed by atoms with Crippen molar-refractivity contribution in [3.63, 3.8) is 0 Å². The molecule has 2 aliphatic carbocycles. The Hall–Kier alpha value is -4.88. The first kappa shape index (κ1) is 30.2. The van der Waals surface area contributed by atoms with Crippen LogP contribution in [-0.4, -0.2) is 33.9 Å². The number of fused-ring (bicyclic) bond motifs is 3. The first-order chi connectivity index (χ1) is 21.5. The van der Waals surface area contributed by atoms with Gasteiger partial charge in [-0.2, -0.15) is 13.9 Å².